The van der Waals surface area contributed by atoms with Crippen LogP contribution < -0.4 is 10.1 Å². The lowest BCUT2D eigenvalue weighted by Gasteiger charge is -2.07. The number of amides is 1. The third kappa shape index (κ3) is 3.21. The van der Waals surface area contributed by atoms with Gasteiger partial charge < -0.3 is 10.1 Å². The summed E-state index contributed by atoms with van der Waals surface area (Å²) in [5.74, 6) is 0.475. The van der Waals surface area contributed by atoms with E-state index >= 15 is 0 Å². The smallest absolute Gasteiger partial charge is 0.248 e. The lowest BCUT2D eigenvalue weighted by atomic mass is 10.3. The average Bonchev–Trinajstić information content (AvgIpc) is 2.90. The lowest BCUT2D eigenvalue weighted by molar-refractivity contribution is -0.111. The normalized spacial score (nSPS) is 10.5. The molecule has 0 aliphatic rings. The zero-order chi connectivity index (χ0) is 12.8. The Morgan fingerprint density at radius 2 is 2.11 bits per heavy atom. The summed E-state index contributed by atoms with van der Waals surface area (Å²) in [5, 5.41) is 4.75. The molecular formula is C14H13NO2S. The van der Waals surface area contributed by atoms with Crippen molar-refractivity contribution in [1.82, 2.24) is 0 Å². The predicted molar refractivity (Wildman–Crippen MR) is 75.0 cm³/mol. The van der Waals surface area contributed by atoms with Crippen LogP contribution in [0.15, 0.2) is 47.9 Å². The van der Waals surface area contributed by atoms with Crippen LogP contribution in [0.2, 0.25) is 0 Å². The first kappa shape index (κ1) is 12.4. The third-order valence-corrected chi connectivity index (χ3v) is 3.14. The maximum atomic E-state index is 11.7. The number of nitrogens with one attached hydrogen (secondary N) is 1. The van der Waals surface area contributed by atoms with E-state index in [0.29, 0.717) is 11.4 Å². The molecule has 0 atom stereocenters. The molecule has 0 aliphatic heterocycles. The molecule has 4 heteroatoms. The highest BCUT2D eigenvalue weighted by Crippen LogP contribution is 2.22. The van der Waals surface area contributed by atoms with Gasteiger partial charge in [-0.2, -0.15) is 0 Å². The predicted octanol–water partition coefficient (Wildman–Crippen LogP) is 3.41. The SMILES string of the molecule is COc1ccccc1NC(=O)/C=C\c1cccs1. The van der Waals surface area contributed by atoms with Crippen molar-refractivity contribution in [1.29, 1.82) is 0 Å². The maximum Gasteiger partial charge on any atom is 0.248 e. The van der Waals surface area contributed by atoms with Crippen molar-refractivity contribution in [3.8, 4) is 5.75 Å². The topological polar surface area (TPSA) is 38.3 Å². The first-order chi connectivity index (χ1) is 8.79. The van der Waals surface area contributed by atoms with Gasteiger partial charge in [0.1, 0.15) is 5.75 Å². The second kappa shape index (κ2) is 6.02. The molecule has 1 aromatic heterocycles. The van der Waals surface area contributed by atoms with Gasteiger partial charge in [-0.3, -0.25) is 4.79 Å². The van der Waals surface area contributed by atoms with Gasteiger partial charge in [0, 0.05) is 11.0 Å². The summed E-state index contributed by atoms with van der Waals surface area (Å²) in [4.78, 5) is 12.8. The number of ether oxygens (including phenoxy) is 1. The van der Waals surface area contributed by atoms with Crippen molar-refractivity contribution in [2.75, 3.05) is 12.4 Å². The molecule has 0 unspecified atom stereocenters. The number of carbonyl (C=O) groups is 1. The zero-order valence-corrected chi connectivity index (χ0v) is 10.7. The fourth-order valence-corrected chi connectivity index (χ4v) is 2.08. The van der Waals surface area contributed by atoms with Crippen molar-refractivity contribution in [3.63, 3.8) is 0 Å². The van der Waals surface area contributed by atoms with E-state index in [4.69, 9.17) is 4.74 Å². The number of carbonyl (C=O) groups excluding carboxylic acids is 1. The largest absolute Gasteiger partial charge is 0.495 e. The number of rotatable bonds is 4. The Kier molecular flexibility index (Phi) is 4.15. The van der Waals surface area contributed by atoms with E-state index in [1.54, 1.807) is 36.7 Å². The van der Waals surface area contributed by atoms with Gasteiger partial charge in [0.05, 0.1) is 12.8 Å². The minimum atomic E-state index is -0.173. The van der Waals surface area contributed by atoms with Gasteiger partial charge >= 0.3 is 0 Å². The van der Waals surface area contributed by atoms with Crippen LogP contribution in [0.4, 0.5) is 5.69 Å². The minimum Gasteiger partial charge on any atom is -0.495 e. The summed E-state index contributed by atoms with van der Waals surface area (Å²) < 4.78 is 5.16. The number of para-hydroxylation sites is 2. The highest BCUT2D eigenvalue weighted by atomic mass is 32.1. The quantitative estimate of drug-likeness (QED) is 0.854. The number of hydrogen-bond acceptors (Lipinski definition) is 3. The summed E-state index contributed by atoms with van der Waals surface area (Å²) in [6.45, 7) is 0. The summed E-state index contributed by atoms with van der Waals surface area (Å²) in [6, 6.07) is 11.2. The van der Waals surface area contributed by atoms with E-state index in [1.807, 2.05) is 29.6 Å². The highest BCUT2D eigenvalue weighted by molar-refractivity contribution is 7.10. The van der Waals surface area contributed by atoms with Crippen LogP contribution in [0.25, 0.3) is 6.08 Å². The van der Waals surface area contributed by atoms with Crippen molar-refractivity contribution < 1.29 is 9.53 Å². The number of benzene rings is 1. The molecule has 2 aromatic rings. The summed E-state index contributed by atoms with van der Waals surface area (Å²) in [5.41, 5.74) is 0.667. The van der Waals surface area contributed by atoms with Crippen LogP contribution in [-0.2, 0) is 4.79 Å². The van der Waals surface area contributed by atoms with Crippen molar-refractivity contribution in [2.45, 2.75) is 0 Å². The van der Waals surface area contributed by atoms with Gasteiger partial charge in [0.2, 0.25) is 5.91 Å². The molecule has 0 bridgehead atoms. The molecule has 2 rings (SSSR count). The molecule has 92 valence electrons. The van der Waals surface area contributed by atoms with Gasteiger partial charge in [-0.15, -0.1) is 11.3 Å². The molecule has 0 saturated heterocycles. The van der Waals surface area contributed by atoms with Crippen molar-refractivity contribution in [2.24, 2.45) is 0 Å². The van der Waals surface area contributed by atoms with Crippen molar-refractivity contribution in [3.05, 3.63) is 52.7 Å². The molecular weight excluding hydrogens is 246 g/mol. The fraction of sp³-hybridized carbons (Fsp3) is 0.0714. The van der Waals surface area contributed by atoms with Gasteiger partial charge in [0.25, 0.3) is 0 Å². The Bertz CT molecular complexity index is 547. The van der Waals surface area contributed by atoms with Crippen LogP contribution in [0.3, 0.4) is 0 Å². The first-order valence-corrected chi connectivity index (χ1v) is 6.33. The van der Waals surface area contributed by atoms with Gasteiger partial charge in [-0.25, -0.2) is 0 Å². The second-order valence-corrected chi connectivity index (χ2v) is 4.52. The molecule has 1 amide bonds. The summed E-state index contributed by atoms with van der Waals surface area (Å²) in [7, 11) is 1.58. The van der Waals surface area contributed by atoms with Crippen LogP contribution in [0.1, 0.15) is 4.88 Å². The molecule has 0 aliphatic carbocycles. The molecule has 0 saturated carbocycles. The van der Waals surface area contributed by atoms with E-state index in [9.17, 15) is 4.79 Å². The van der Waals surface area contributed by atoms with Gasteiger partial charge in [-0.05, 0) is 29.7 Å². The molecule has 3 nitrogen and oxygen atoms in total. The average molecular weight is 259 g/mol. The number of methoxy groups -OCH3 is 1. The maximum absolute atomic E-state index is 11.7. The van der Waals surface area contributed by atoms with Crippen LogP contribution in [0.5, 0.6) is 5.75 Å². The van der Waals surface area contributed by atoms with E-state index in [0.717, 1.165) is 4.88 Å². The van der Waals surface area contributed by atoms with E-state index in [-0.39, 0.29) is 5.91 Å². The van der Waals surface area contributed by atoms with Crippen LogP contribution >= 0.6 is 11.3 Å². The van der Waals surface area contributed by atoms with Crippen LogP contribution in [-0.4, -0.2) is 13.0 Å². The number of anilines is 1. The third-order valence-electron chi connectivity index (χ3n) is 2.31. The Hall–Kier alpha value is -2.07. The fourth-order valence-electron chi connectivity index (χ4n) is 1.47. The number of hydrogen-bond donors (Lipinski definition) is 1. The van der Waals surface area contributed by atoms with E-state index < -0.39 is 0 Å². The Labute approximate surface area is 110 Å². The van der Waals surface area contributed by atoms with Gasteiger partial charge in [-0.1, -0.05) is 18.2 Å². The molecule has 0 fully saturated rings. The number of thiophene rings is 1. The Balaban J connectivity index is 2.03. The molecule has 1 heterocycles. The molecule has 1 aromatic carbocycles. The van der Waals surface area contributed by atoms with Gasteiger partial charge in [0.15, 0.2) is 0 Å². The first-order valence-electron chi connectivity index (χ1n) is 5.45. The second-order valence-electron chi connectivity index (χ2n) is 3.54. The zero-order valence-electron chi connectivity index (χ0n) is 9.92. The van der Waals surface area contributed by atoms with E-state index in [1.165, 1.54) is 6.08 Å². The Morgan fingerprint density at radius 1 is 1.28 bits per heavy atom. The molecule has 18 heavy (non-hydrogen) atoms. The summed E-state index contributed by atoms with van der Waals surface area (Å²) in [6.07, 6.45) is 3.30. The Morgan fingerprint density at radius 3 is 2.83 bits per heavy atom. The van der Waals surface area contributed by atoms with Crippen molar-refractivity contribution >= 4 is 29.0 Å². The van der Waals surface area contributed by atoms with Crippen LogP contribution in [0, 0.1) is 0 Å². The minimum absolute atomic E-state index is 0.173. The molecule has 0 spiro atoms. The standard InChI is InChI=1S/C14H13NO2S/c1-17-13-7-3-2-6-12(13)15-14(16)9-8-11-5-4-10-18-11/h2-10H,1H3,(H,15,16)/b9-8-. The highest BCUT2D eigenvalue weighted by Gasteiger charge is 2.03. The molecule has 1 N–H and O–H groups in total. The lowest BCUT2D eigenvalue weighted by Crippen LogP contribution is -2.08. The monoisotopic (exact) mass is 259 g/mol. The van der Waals surface area contributed by atoms with E-state index in [2.05, 4.69) is 5.32 Å². The summed E-state index contributed by atoms with van der Waals surface area (Å²) >= 11 is 1.59. The molecule has 0 radical (unpaired) electrons.